The lowest BCUT2D eigenvalue weighted by Gasteiger charge is -2.10. The fourth-order valence-corrected chi connectivity index (χ4v) is 1.92. The van der Waals surface area contributed by atoms with Gasteiger partial charge in [-0.3, -0.25) is 0 Å². The molecule has 1 N–H and O–H groups in total. The van der Waals surface area contributed by atoms with Crippen LogP contribution in [-0.4, -0.2) is 33.5 Å². The molecule has 0 aliphatic rings. The third-order valence-electron chi connectivity index (χ3n) is 3.26. The first kappa shape index (κ1) is 13.6. The number of anilines is 1. The Kier molecular flexibility index (Phi) is 4.19. The number of rotatable bonds is 6. The molecule has 2 rings (SSSR count). The van der Waals surface area contributed by atoms with Gasteiger partial charge >= 0.3 is 0 Å². The zero-order valence-electron chi connectivity index (χ0n) is 12.0. The van der Waals surface area contributed by atoms with Crippen LogP contribution in [0, 0.1) is 13.8 Å². The van der Waals surface area contributed by atoms with Gasteiger partial charge in [0.25, 0.3) is 0 Å². The summed E-state index contributed by atoms with van der Waals surface area (Å²) in [5.74, 6) is 1.29. The molecule has 0 bridgehead atoms. The number of ether oxygens (including phenoxy) is 1. The van der Waals surface area contributed by atoms with Gasteiger partial charge in [0, 0.05) is 18.2 Å². The van der Waals surface area contributed by atoms with Crippen molar-refractivity contribution in [3.05, 3.63) is 11.1 Å². The predicted molar refractivity (Wildman–Crippen MR) is 74.8 cm³/mol. The smallest absolute Gasteiger partial charge is 0.245 e. The lowest BCUT2D eigenvalue weighted by molar-refractivity contribution is 0.288. The normalized spacial score (nSPS) is 10.9. The maximum Gasteiger partial charge on any atom is 0.245 e. The van der Waals surface area contributed by atoms with Crippen LogP contribution in [-0.2, 0) is 0 Å². The highest BCUT2D eigenvalue weighted by molar-refractivity contribution is 5.55. The molecule has 19 heavy (non-hydrogen) atoms. The highest BCUT2D eigenvalue weighted by Gasteiger charge is 2.14. The lowest BCUT2D eigenvalue weighted by Crippen LogP contribution is -2.07. The molecule has 0 saturated carbocycles. The summed E-state index contributed by atoms with van der Waals surface area (Å²) in [7, 11) is 1.80. The minimum Gasteiger partial charge on any atom is -0.476 e. The summed E-state index contributed by atoms with van der Waals surface area (Å²) in [4.78, 5) is 0. The van der Waals surface area contributed by atoms with E-state index in [0.717, 1.165) is 23.2 Å². The number of nitrogens with one attached hydrogen (secondary N) is 1. The fraction of sp³-hybridized carbons (Fsp3) is 0.615. The van der Waals surface area contributed by atoms with Gasteiger partial charge in [0.2, 0.25) is 11.8 Å². The van der Waals surface area contributed by atoms with Crippen molar-refractivity contribution in [2.45, 2.75) is 40.0 Å². The molecule has 0 aliphatic heterocycles. The lowest BCUT2D eigenvalue weighted by atomic mass is 10.2. The van der Waals surface area contributed by atoms with E-state index in [1.165, 1.54) is 12.8 Å². The molecule has 0 spiro atoms. The summed E-state index contributed by atoms with van der Waals surface area (Å²) in [5.41, 5.74) is 2.84. The summed E-state index contributed by atoms with van der Waals surface area (Å²) in [6.07, 6.45) is 3.41. The molecular formula is C13H21N5O. The quantitative estimate of drug-likeness (QED) is 0.810. The molecule has 0 aromatic carbocycles. The Morgan fingerprint density at radius 2 is 1.95 bits per heavy atom. The number of unbranched alkanes of at least 4 members (excludes halogenated alkanes) is 2. The van der Waals surface area contributed by atoms with Gasteiger partial charge in [-0.2, -0.15) is 4.52 Å². The van der Waals surface area contributed by atoms with E-state index in [9.17, 15) is 0 Å². The number of aryl methyl sites for hydroxylation is 1. The topological polar surface area (TPSA) is 64.3 Å². The Hall–Kier alpha value is -1.85. The van der Waals surface area contributed by atoms with E-state index in [0.29, 0.717) is 18.4 Å². The number of fused-ring (bicyclic) bond motifs is 1. The van der Waals surface area contributed by atoms with E-state index >= 15 is 0 Å². The number of nitrogens with zero attached hydrogens (tertiary/aromatic N) is 4. The van der Waals surface area contributed by atoms with Crippen LogP contribution in [0.3, 0.4) is 0 Å². The SMILES string of the molecule is CCCCCOc1nn2c(NC)nnc2c(C)c1C. The van der Waals surface area contributed by atoms with Crippen LogP contribution in [0.15, 0.2) is 0 Å². The van der Waals surface area contributed by atoms with E-state index in [2.05, 4.69) is 27.5 Å². The largest absolute Gasteiger partial charge is 0.476 e. The van der Waals surface area contributed by atoms with E-state index in [1.54, 1.807) is 11.6 Å². The van der Waals surface area contributed by atoms with Gasteiger partial charge in [-0.25, -0.2) is 0 Å². The van der Waals surface area contributed by atoms with Gasteiger partial charge < -0.3 is 10.1 Å². The minimum absolute atomic E-state index is 0.622. The minimum atomic E-state index is 0.622. The van der Waals surface area contributed by atoms with Crippen molar-refractivity contribution in [3.8, 4) is 5.88 Å². The third kappa shape index (κ3) is 2.62. The standard InChI is InChI=1S/C13H21N5O/c1-5-6-7-8-19-12-10(3)9(2)11-15-16-13(14-4)18(11)17-12/h5-8H2,1-4H3,(H,14,16). The Morgan fingerprint density at radius 1 is 1.16 bits per heavy atom. The van der Waals surface area contributed by atoms with Gasteiger partial charge in [0.15, 0.2) is 5.65 Å². The Balaban J connectivity index is 2.30. The van der Waals surface area contributed by atoms with Crippen LogP contribution in [0.1, 0.15) is 37.3 Å². The second-order valence-electron chi connectivity index (χ2n) is 4.62. The molecule has 0 unspecified atom stereocenters. The van der Waals surface area contributed by atoms with Crippen molar-refractivity contribution in [1.29, 1.82) is 0 Å². The van der Waals surface area contributed by atoms with E-state index in [4.69, 9.17) is 4.74 Å². The molecule has 0 fully saturated rings. The van der Waals surface area contributed by atoms with Crippen molar-refractivity contribution in [2.24, 2.45) is 0 Å². The number of hydrogen-bond acceptors (Lipinski definition) is 5. The molecule has 0 radical (unpaired) electrons. The second-order valence-corrected chi connectivity index (χ2v) is 4.62. The molecule has 0 aliphatic carbocycles. The highest BCUT2D eigenvalue weighted by atomic mass is 16.5. The van der Waals surface area contributed by atoms with Crippen LogP contribution < -0.4 is 10.1 Å². The monoisotopic (exact) mass is 263 g/mol. The predicted octanol–water partition coefficient (Wildman–Crippen LogP) is 2.35. The van der Waals surface area contributed by atoms with E-state index < -0.39 is 0 Å². The van der Waals surface area contributed by atoms with Crippen molar-refractivity contribution < 1.29 is 4.74 Å². The van der Waals surface area contributed by atoms with Gasteiger partial charge in [-0.1, -0.05) is 19.8 Å². The van der Waals surface area contributed by atoms with Gasteiger partial charge in [0.05, 0.1) is 6.61 Å². The summed E-state index contributed by atoms with van der Waals surface area (Å²) < 4.78 is 7.47. The Labute approximate surface area is 113 Å². The van der Waals surface area contributed by atoms with Crippen LogP contribution in [0.4, 0.5) is 5.95 Å². The average Bonchev–Trinajstić information content (AvgIpc) is 2.83. The van der Waals surface area contributed by atoms with Gasteiger partial charge in [0.1, 0.15) is 0 Å². The molecule has 2 aromatic rings. The summed E-state index contributed by atoms with van der Waals surface area (Å²) in [6.45, 7) is 6.89. The Morgan fingerprint density at radius 3 is 2.63 bits per heavy atom. The van der Waals surface area contributed by atoms with Crippen LogP contribution in [0.25, 0.3) is 5.65 Å². The zero-order valence-corrected chi connectivity index (χ0v) is 12.0. The first-order chi connectivity index (χ1) is 9.19. The number of aromatic nitrogens is 4. The second kappa shape index (κ2) is 5.86. The van der Waals surface area contributed by atoms with Crippen molar-refractivity contribution in [2.75, 3.05) is 19.0 Å². The van der Waals surface area contributed by atoms with Crippen molar-refractivity contribution in [1.82, 2.24) is 19.8 Å². The first-order valence-corrected chi connectivity index (χ1v) is 6.72. The first-order valence-electron chi connectivity index (χ1n) is 6.72. The summed E-state index contributed by atoms with van der Waals surface area (Å²) >= 11 is 0. The average molecular weight is 263 g/mol. The van der Waals surface area contributed by atoms with E-state index in [1.807, 2.05) is 13.8 Å². The maximum atomic E-state index is 5.78. The molecule has 2 aromatic heterocycles. The molecular weight excluding hydrogens is 242 g/mol. The van der Waals surface area contributed by atoms with E-state index in [-0.39, 0.29) is 0 Å². The van der Waals surface area contributed by atoms with Crippen molar-refractivity contribution >= 4 is 11.6 Å². The molecule has 0 saturated heterocycles. The van der Waals surface area contributed by atoms with Crippen molar-refractivity contribution in [3.63, 3.8) is 0 Å². The molecule has 6 nitrogen and oxygen atoms in total. The van der Waals surface area contributed by atoms with Gasteiger partial charge in [-0.05, 0) is 20.3 Å². The molecule has 6 heteroatoms. The Bertz CT molecular complexity index is 564. The van der Waals surface area contributed by atoms with Gasteiger partial charge in [-0.15, -0.1) is 15.3 Å². The van der Waals surface area contributed by atoms with Crippen LogP contribution >= 0.6 is 0 Å². The summed E-state index contributed by atoms with van der Waals surface area (Å²) in [5, 5.41) is 15.6. The molecule has 0 amide bonds. The highest BCUT2D eigenvalue weighted by Crippen LogP contribution is 2.22. The number of hydrogen-bond donors (Lipinski definition) is 1. The zero-order chi connectivity index (χ0) is 13.8. The maximum absolute atomic E-state index is 5.78. The molecule has 2 heterocycles. The van der Waals surface area contributed by atoms with Crippen LogP contribution in [0.2, 0.25) is 0 Å². The fourth-order valence-electron chi connectivity index (χ4n) is 1.92. The molecule has 0 atom stereocenters. The third-order valence-corrected chi connectivity index (χ3v) is 3.26. The van der Waals surface area contributed by atoms with Crippen LogP contribution in [0.5, 0.6) is 5.88 Å². The molecule has 104 valence electrons. The summed E-state index contributed by atoms with van der Waals surface area (Å²) in [6, 6.07) is 0.